The van der Waals surface area contributed by atoms with Gasteiger partial charge in [0.2, 0.25) is 0 Å². The Morgan fingerprint density at radius 3 is 1.46 bits per heavy atom. The maximum atomic E-state index is 12.2. The van der Waals surface area contributed by atoms with Gasteiger partial charge in [0.25, 0.3) is 0 Å². The Labute approximate surface area is 218 Å². The summed E-state index contributed by atoms with van der Waals surface area (Å²) < 4.78 is 35.6. The van der Waals surface area contributed by atoms with E-state index in [-0.39, 0.29) is 0 Å². The molecule has 0 aliphatic carbocycles. The van der Waals surface area contributed by atoms with E-state index in [1.807, 2.05) is 24.3 Å². The second-order valence-electron chi connectivity index (χ2n) is 10.3. The summed E-state index contributed by atoms with van der Waals surface area (Å²) in [5.74, 6) is 0. The molecule has 5 heteroatoms. The highest BCUT2D eigenvalue weighted by atomic mass is 32.2. The van der Waals surface area contributed by atoms with Gasteiger partial charge >= 0.3 is 10.3 Å². The van der Waals surface area contributed by atoms with Crippen LogP contribution in [0.3, 0.4) is 0 Å². The van der Waals surface area contributed by atoms with Crippen LogP contribution in [0.5, 0.6) is 0 Å². The third-order valence-electron chi connectivity index (χ3n) is 7.05. The summed E-state index contributed by atoms with van der Waals surface area (Å²) in [6.45, 7) is 4.85. The van der Waals surface area contributed by atoms with Crippen LogP contribution in [0.4, 0.5) is 5.69 Å². The molecule has 4 nitrogen and oxygen atoms in total. The fraction of sp³-hybridized carbons (Fsp3) is 0.800. The first kappa shape index (κ1) is 32.0. The van der Waals surface area contributed by atoms with Gasteiger partial charge in [0.05, 0.1) is 5.69 Å². The molecule has 0 saturated heterocycles. The molecular formula is C30H55NO3S. The van der Waals surface area contributed by atoms with Crippen molar-refractivity contribution in [1.29, 1.82) is 0 Å². The number of para-hydroxylation sites is 1. The van der Waals surface area contributed by atoms with Crippen LogP contribution < -0.4 is 4.31 Å². The van der Waals surface area contributed by atoms with E-state index >= 15 is 0 Å². The van der Waals surface area contributed by atoms with Crippen molar-refractivity contribution in [2.45, 2.75) is 149 Å². The molecule has 1 aromatic rings. The topological polar surface area (TPSA) is 57.6 Å². The van der Waals surface area contributed by atoms with Crippen molar-refractivity contribution in [3.8, 4) is 0 Å². The highest BCUT2D eigenvalue weighted by molar-refractivity contribution is 7.87. The van der Waals surface area contributed by atoms with Crippen LogP contribution in [0.2, 0.25) is 0 Å². The van der Waals surface area contributed by atoms with Crippen molar-refractivity contribution < 1.29 is 13.0 Å². The molecule has 0 bridgehead atoms. The van der Waals surface area contributed by atoms with Gasteiger partial charge in [-0.25, -0.2) is 4.31 Å². The van der Waals surface area contributed by atoms with Crippen LogP contribution in [0.15, 0.2) is 24.3 Å². The maximum Gasteiger partial charge on any atom is 0.359 e. The molecule has 0 radical (unpaired) electrons. The summed E-state index contributed by atoms with van der Waals surface area (Å²) in [7, 11) is -4.27. The molecule has 1 rings (SSSR count). The third-order valence-corrected chi connectivity index (χ3v) is 7.99. The fourth-order valence-electron chi connectivity index (χ4n) is 4.87. The molecule has 35 heavy (non-hydrogen) atoms. The minimum Gasteiger partial charge on any atom is -0.269 e. The normalized spacial score (nSPS) is 11.7. The number of benzene rings is 1. The van der Waals surface area contributed by atoms with Gasteiger partial charge in [-0.05, 0) is 30.9 Å². The highest BCUT2D eigenvalue weighted by Crippen LogP contribution is 2.26. The Bertz CT molecular complexity index is 720. The lowest BCUT2D eigenvalue weighted by molar-refractivity contribution is 0.475. The first-order valence-corrected chi connectivity index (χ1v) is 16.2. The molecular weight excluding hydrogens is 454 g/mol. The van der Waals surface area contributed by atoms with E-state index in [9.17, 15) is 13.0 Å². The van der Waals surface area contributed by atoms with Gasteiger partial charge in [-0.1, -0.05) is 148 Å². The summed E-state index contributed by atoms with van der Waals surface area (Å²) in [6, 6.07) is 7.70. The van der Waals surface area contributed by atoms with Gasteiger partial charge < -0.3 is 0 Å². The Hall–Kier alpha value is -1.07. The van der Waals surface area contributed by atoms with Crippen LogP contribution in [0.1, 0.15) is 148 Å². The molecule has 0 heterocycles. The summed E-state index contributed by atoms with van der Waals surface area (Å²) in [4.78, 5) is 0. The van der Waals surface area contributed by atoms with E-state index in [4.69, 9.17) is 0 Å². The number of aryl methyl sites for hydroxylation is 1. The molecule has 0 saturated carbocycles. The lowest BCUT2D eigenvalue weighted by atomic mass is 10.0. The molecule has 0 atom stereocenters. The Balaban J connectivity index is 2.37. The number of nitrogens with zero attached hydrogens (tertiary/aromatic N) is 1. The molecule has 1 N–H and O–H groups in total. The molecule has 0 aliphatic rings. The summed E-state index contributed by atoms with van der Waals surface area (Å²) in [5, 5.41) is 0. The van der Waals surface area contributed by atoms with Crippen molar-refractivity contribution >= 4 is 16.0 Å². The van der Waals surface area contributed by atoms with E-state index in [1.165, 1.54) is 107 Å². The molecule has 0 fully saturated rings. The van der Waals surface area contributed by atoms with Gasteiger partial charge in [0, 0.05) is 6.54 Å². The quantitative estimate of drug-likeness (QED) is 0.111. The molecule has 0 aliphatic heterocycles. The Kier molecular flexibility index (Phi) is 19.2. The summed E-state index contributed by atoms with van der Waals surface area (Å²) in [6.07, 6.45) is 25.7. The van der Waals surface area contributed by atoms with E-state index in [0.29, 0.717) is 12.2 Å². The van der Waals surface area contributed by atoms with E-state index in [2.05, 4.69) is 13.8 Å². The smallest absolute Gasteiger partial charge is 0.269 e. The molecule has 0 unspecified atom stereocenters. The van der Waals surface area contributed by atoms with Gasteiger partial charge in [0.15, 0.2) is 0 Å². The molecule has 0 spiro atoms. The Morgan fingerprint density at radius 1 is 0.600 bits per heavy atom. The van der Waals surface area contributed by atoms with Crippen LogP contribution >= 0.6 is 0 Å². The zero-order chi connectivity index (χ0) is 25.6. The number of unbranched alkanes of at least 4 members (excludes halogenated alkanes) is 18. The first-order chi connectivity index (χ1) is 17.0. The number of hydrogen-bond acceptors (Lipinski definition) is 2. The van der Waals surface area contributed by atoms with Crippen LogP contribution in [-0.4, -0.2) is 19.5 Å². The van der Waals surface area contributed by atoms with Gasteiger partial charge in [-0.2, -0.15) is 8.42 Å². The minimum atomic E-state index is -4.27. The standard InChI is InChI=1S/C30H55NO3S/c1-3-5-7-9-11-13-15-17-19-21-25-29-26-22-23-27-30(29)31(35(32,33)34)28-24-20-18-16-14-12-10-8-6-4-2/h22-23,26-27H,3-21,24-25,28H2,1-2H3,(H,32,33,34). The number of rotatable bonds is 24. The Morgan fingerprint density at radius 2 is 1.00 bits per heavy atom. The SMILES string of the molecule is CCCCCCCCCCCCc1ccccc1N(CCCCCCCCCCCC)S(=O)(=O)O. The number of anilines is 1. The number of hydrogen-bond donors (Lipinski definition) is 1. The van der Waals surface area contributed by atoms with Crippen LogP contribution in [-0.2, 0) is 16.7 Å². The van der Waals surface area contributed by atoms with E-state index in [0.717, 1.165) is 37.7 Å². The van der Waals surface area contributed by atoms with Crippen molar-refractivity contribution in [2.75, 3.05) is 10.8 Å². The maximum absolute atomic E-state index is 12.2. The van der Waals surface area contributed by atoms with E-state index < -0.39 is 10.3 Å². The first-order valence-electron chi connectivity index (χ1n) is 14.8. The van der Waals surface area contributed by atoms with Crippen molar-refractivity contribution in [1.82, 2.24) is 0 Å². The van der Waals surface area contributed by atoms with Gasteiger partial charge in [-0.15, -0.1) is 0 Å². The summed E-state index contributed by atoms with van der Waals surface area (Å²) in [5.41, 5.74) is 1.68. The van der Waals surface area contributed by atoms with Crippen molar-refractivity contribution in [2.24, 2.45) is 0 Å². The van der Waals surface area contributed by atoms with Crippen LogP contribution in [0.25, 0.3) is 0 Å². The molecule has 204 valence electrons. The lowest BCUT2D eigenvalue weighted by Gasteiger charge is -2.23. The molecule has 0 amide bonds. The zero-order valence-electron chi connectivity index (χ0n) is 23.0. The predicted molar refractivity (Wildman–Crippen MR) is 153 cm³/mol. The minimum absolute atomic E-state index is 0.352. The molecule has 1 aromatic carbocycles. The lowest BCUT2D eigenvalue weighted by Crippen LogP contribution is -2.32. The highest BCUT2D eigenvalue weighted by Gasteiger charge is 2.21. The fourth-order valence-corrected chi connectivity index (χ4v) is 5.66. The van der Waals surface area contributed by atoms with E-state index in [1.54, 1.807) is 0 Å². The van der Waals surface area contributed by atoms with Gasteiger partial charge in [0.1, 0.15) is 0 Å². The monoisotopic (exact) mass is 509 g/mol. The predicted octanol–water partition coefficient (Wildman–Crippen LogP) is 9.68. The van der Waals surface area contributed by atoms with Gasteiger partial charge in [-0.3, -0.25) is 4.55 Å². The van der Waals surface area contributed by atoms with Crippen molar-refractivity contribution in [3.63, 3.8) is 0 Å². The van der Waals surface area contributed by atoms with Crippen molar-refractivity contribution in [3.05, 3.63) is 29.8 Å². The molecule has 0 aromatic heterocycles. The average Bonchev–Trinajstić information content (AvgIpc) is 2.83. The van der Waals surface area contributed by atoms with Crippen LogP contribution in [0, 0.1) is 0 Å². The third kappa shape index (κ3) is 16.3. The second-order valence-corrected chi connectivity index (χ2v) is 11.6. The second kappa shape index (κ2) is 21.1. The zero-order valence-corrected chi connectivity index (χ0v) is 23.8. The average molecular weight is 510 g/mol. The largest absolute Gasteiger partial charge is 0.359 e. The summed E-state index contributed by atoms with van der Waals surface area (Å²) >= 11 is 0.